The molecule has 382 valence electrons. The summed E-state index contributed by atoms with van der Waals surface area (Å²) < 4.78 is 40.1. The third-order valence-corrected chi connectivity index (χ3v) is 12.1. The van der Waals surface area contributed by atoms with Crippen LogP contribution in [-0.2, 0) is 45.5 Å². The number of phosphoric ester groups is 1. The molecule has 1 aromatic rings. The number of allylic oxidation sites excluding steroid dienone is 8. The van der Waals surface area contributed by atoms with E-state index in [0.717, 1.165) is 44.9 Å². The fourth-order valence-corrected chi connectivity index (χ4v) is 7.59. The number of aliphatic hydroxyl groups excluding tert-OH is 2. The van der Waals surface area contributed by atoms with E-state index in [1.165, 1.54) is 74.0 Å². The lowest BCUT2D eigenvalue weighted by molar-refractivity contribution is -0.870. The SMILES string of the molecule is CC/C=C\C[C@H](O)/C=C/C=C\C=C\[C@H](O)C/C=C\C/C=C\CCC(=O)O[C@H](COC(=O)CCCCCCCCCCCCc1oc(CCCCC)c(C)c1C)COP(=O)([O-])OCC[N+](C)(C)C. The zero-order valence-electron chi connectivity index (χ0n) is 42.5. The van der Waals surface area contributed by atoms with Crippen LogP contribution in [0.2, 0.25) is 0 Å². The number of ether oxygens (including phenoxy) is 2. The highest BCUT2D eigenvalue weighted by atomic mass is 31.2. The van der Waals surface area contributed by atoms with Gasteiger partial charge in [-0.3, -0.25) is 14.2 Å². The lowest BCUT2D eigenvalue weighted by Gasteiger charge is -2.28. The van der Waals surface area contributed by atoms with E-state index in [0.29, 0.717) is 43.1 Å². The van der Waals surface area contributed by atoms with E-state index in [9.17, 15) is 29.3 Å². The first-order valence-electron chi connectivity index (χ1n) is 25.2. The first-order valence-corrected chi connectivity index (χ1v) is 26.7. The van der Waals surface area contributed by atoms with Crippen LogP contribution in [0.5, 0.6) is 0 Å². The van der Waals surface area contributed by atoms with E-state index in [4.69, 9.17) is 22.9 Å². The summed E-state index contributed by atoms with van der Waals surface area (Å²) in [5.41, 5.74) is 2.67. The van der Waals surface area contributed by atoms with Gasteiger partial charge in [-0.1, -0.05) is 151 Å². The van der Waals surface area contributed by atoms with Crippen molar-refractivity contribution in [3.63, 3.8) is 0 Å². The molecule has 0 bridgehead atoms. The maximum Gasteiger partial charge on any atom is 0.306 e. The molecule has 2 N–H and O–H groups in total. The van der Waals surface area contributed by atoms with Gasteiger partial charge in [-0.15, -0.1) is 0 Å². The van der Waals surface area contributed by atoms with Crippen molar-refractivity contribution in [3.8, 4) is 0 Å². The quantitative estimate of drug-likeness (QED) is 0.0160. The molecule has 0 fully saturated rings. The molecule has 4 atom stereocenters. The first-order chi connectivity index (χ1) is 32.1. The van der Waals surface area contributed by atoms with Crippen molar-refractivity contribution in [1.29, 1.82) is 0 Å². The van der Waals surface area contributed by atoms with Crippen LogP contribution in [0.25, 0.3) is 0 Å². The van der Waals surface area contributed by atoms with Gasteiger partial charge in [0.2, 0.25) is 0 Å². The number of furan rings is 1. The number of rotatable bonds is 41. The maximum atomic E-state index is 12.7. The predicted molar refractivity (Wildman–Crippen MR) is 269 cm³/mol. The maximum absolute atomic E-state index is 12.7. The number of esters is 2. The van der Waals surface area contributed by atoms with Crippen LogP contribution >= 0.6 is 7.82 Å². The molecule has 13 heteroatoms. The van der Waals surface area contributed by atoms with Crippen molar-refractivity contribution in [2.24, 2.45) is 0 Å². The number of likely N-dealkylation sites (N-methyl/N-ethyl adjacent to an activating group) is 1. The van der Waals surface area contributed by atoms with Crippen molar-refractivity contribution >= 4 is 19.8 Å². The van der Waals surface area contributed by atoms with Crippen LogP contribution in [0.15, 0.2) is 77.3 Å². The number of nitrogens with zero attached hydrogens (tertiary/aromatic N) is 1. The first kappa shape index (κ1) is 61.7. The number of carbonyl (C=O) groups excluding carboxylic acids is 2. The van der Waals surface area contributed by atoms with Gasteiger partial charge in [0.15, 0.2) is 6.10 Å². The molecule has 0 aliphatic rings. The Balaban J connectivity index is 2.39. The molecular weight excluding hydrogens is 870 g/mol. The Morgan fingerprint density at radius 3 is 1.78 bits per heavy atom. The molecule has 0 saturated carbocycles. The number of aliphatic hydroxyl groups is 2. The van der Waals surface area contributed by atoms with E-state index in [2.05, 4.69) is 20.8 Å². The highest BCUT2D eigenvalue weighted by Crippen LogP contribution is 2.38. The monoisotopic (exact) mass is 960 g/mol. The average Bonchev–Trinajstić information content (AvgIpc) is 3.54. The van der Waals surface area contributed by atoms with Crippen molar-refractivity contribution in [2.45, 2.75) is 187 Å². The molecule has 0 aliphatic carbocycles. The number of quaternary nitrogens is 1. The number of aryl methyl sites for hydroxylation is 2. The highest BCUT2D eigenvalue weighted by Gasteiger charge is 2.22. The second-order valence-corrected chi connectivity index (χ2v) is 19.8. The zero-order chi connectivity index (χ0) is 49.6. The van der Waals surface area contributed by atoms with Crippen LogP contribution in [0.1, 0.15) is 165 Å². The van der Waals surface area contributed by atoms with Crippen LogP contribution in [0.3, 0.4) is 0 Å². The second kappa shape index (κ2) is 38.5. The third-order valence-electron chi connectivity index (χ3n) is 11.1. The predicted octanol–water partition coefficient (Wildman–Crippen LogP) is 11.5. The Bertz CT molecular complexity index is 1690. The topological polar surface area (TPSA) is 165 Å². The van der Waals surface area contributed by atoms with Gasteiger partial charge in [0.25, 0.3) is 7.82 Å². The van der Waals surface area contributed by atoms with Crippen molar-refractivity contribution in [3.05, 3.63) is 95.6 Å². The lowest BCUT2D eigenvalue weighted by atomic mass is 10.0. The Kier molecular flexibility index (Phi) is 35.4. The van der Waals surface area contributed by atoms with E-state index in [1.54, 1.807) is 36.5 Å². The average molecular weight is 960 g/mol. The van der Waals surface area contributed by atoms with Gasteiger partial charge < -0.3 is 42.5 Å². The zero-order valence-corrected chi connectivity index (χ0v) is 43.4. The fraction of sp³-hybridized carbons (Fsp3) is 0.667. The van der Waals surface area contributed by atoms with Gasteiger partial charge in [-0.25, -0.2) is 0 Å². The Hall–Kier alpha value is -3.35. The molecule has 0 aromatic carbocycles. The highest BCUT2D eigenvalue weighted by molar-refractivity contribution is 7.45. The molecule has 0 radical (unpaired) electrons. The van der Waals surface area contributed by atoms with Crippen LogP contribution in [-0.4, -0.2) is 92.5 Å². The number of hydrogen-bond acceptors (Lipinski definition) is 11. The molecule has 1 rings (SSSR count). The molecule has 1 aromatic heterocycles. The standard InChI is InChI=1S/C54H90NO11P/c1-8-10-26-34-48(56)36-29-24-25-30-37-49(57)35-28-20-18-19-23-33-41-54(59)65-50(45-64-67(60,61)63-43-42-55(5,6)7)44-62-53(58)40-32-22-17-15-13-12-14-16-21-31-39-52-47(4)46(3)51(66-52)38-27-11-9-2/h10,19-20,23-26,28-30,36-37,48-50,56-57H,8-9,11-18,21-22,27,31-35,38-45H2,1-7H3/b23-19-,25-24-,26-10-,28-20-,36-29+,37-30+/t48-,49+,50+/m0/s1. The van der Waals surface area contributed by atoms with E-state index in [1.807, 2.05) is 64.5 Å². The van der Waals surface area contributed by atoms with Crippen LogP contribution in [0.4, 0.5) is 0 Å². The van der Waals surface area contributed by atoms with Gasteiger partial charge in [0, 0.05) is 25.7 Å². The molecule has 0 saturated heterocycles. The Morgan fingerprint density at radius 1 is 0.672 bits per heavy atom. The normalized spacial score (nSPS) is 15.0. The lowest BCUT2D eigenvalue weighted by Crippen LogP contribution is -2.37. The summed E-state index contributed by atoms with van der Waals surface area (Å²) >= 11 is 0. The summed E-state index contributed by atoms with van der Waals surface area (Å²) in [6.45, 7) is 8.15. The molecule has 67 heavy (non-hydrogen) atoms. The summed E-state index contributed by atoms with van der Waals surface area (Å²) in [4.78, 5) is 37.8. The van der Waals surface area contributed by atoms with Crippen LogP contribution < -0.4 is 4.89 Å². The van der Waals surface area contributed by atoms with Gasteiger partial charge in [0.05, 0.1) is 40.0 Å². The molecule has 0 spiro atoms. The minimum Gasteiger partial charge on any atom is -0.756 e. The molecule has 0 amide bonds. The molecule has 1 heterocycles. The van der Waals surface area contributed by atoms with E-state index < -0.39 is 44.7 Å². The number of hydrogen-bond donors (Lipinski definition) is 2. The third kappa shape index (κ3) is 35.4. The van der Waals surface area contributed by atoms with Crippen LogP contribution in [0, 0.1) is 13.8 Å². The Labute approximate surface area is 405 Å². The van der Waals surface area contributed by atoms with Gasteiger partial charge in [-0.05, 0) is 76.3 Å². The Morgan fingerprint density at radius 2 is 1.21 bits per heavy atom. The summed E-state index contributed by atoms with van der Waals surface area (Å²) in [6, 6.07) is 0. The minimum atomic E-state index is -4.69. The molecular formula is C54H90NO11P. The molecule has 0 aliphatic heterocycles. The van der Waals surface area contributed by atoms with Gasteiger partial charge in [0.1, 0.15) is 31.3 Å². The number of phosphoric acid groups is 1. The summed E-state index contributed by atoms with van der Waals surface area (Å²) in [5.74, 6) is 1.33. The van der Waals surface area contributed by atoms with Gasteiger partial charge >= 0.3 is 11.9 Å². The minimum absolute atomic E-state index is 0.0338. The fourth-order valence-electron chi connectivity index (χ4n) is 6.86. The number of carbonyl (C=O) groups is 2. The summed E-state index contributed by atoms with van der Waals surface area (Å²) in [7, 11) is 1.02. The van der Waals surface area contributed by atoms with Gasteiger partial charge in [-0.2, -0.15) is 0 Å². The smallest absolute Gasteiger partial charge is 0.306 e. The van der Waals surface area contributed by atoms with E-state index >= 15 is 0 Å². The molecule has 1 unspecified atom stereocenters. The van der Waals surface area contributed by atoms with Crippen molar-refractivity contribution in [1.82, 2.24) is 0 Å². The van der Waals surface area contributed by atoms with Crippen molar-refractivity contribution in [2.75, 3.05) is 47.5 Å². The largest absolute Gasteiger partial charge is 0.756 e. The number of unbranched alkanes of at least 4 members (excludes halogenated alkanes) is 11. The summed E-state index contributed by atoms with van der Waals surface area (Å²) in [6.07, 6.45) is 39.7. The van der Waals surface area contributed by atoms with Crippen molar-refractivity contribution < 1.29 is 56.7 Å². The molecule has 12 nitrogen and oxygen atoms in total. The summed E-state index contributed by atoms with van der Waals surface area (Å²) in [5, 5.41) is 20.0. The van der Waals surface area contributed by atoms with E-state index in [-0.39, 0.29) is 26.1 Å². The second-order valence-electron chi connectivity index (χ2n) is 18.4.